The number of furan rings is 1. The first-order valence-corrected chi connectivity index (χ1v) is 11.3. The zero-order valence-corrected chi connectivity index (χ0v) is 18.8. The summed E-state index contributed by atoms with van der Waals surface area (Å²) >= 11 is 0. The highest BCUT2D eigenvalue weighted by Crippen LogP contribution is 2.44. The normalized spacial score (nSPS) is 15.2. The summed E-state index contributed by atoms with van der Waals surface area (Å²) in [4.78, 5) is 6.39. The van der Waals surface area contributed by atoms with Crippen LogP contribution in [0.5, 0.6) is 5.95 Å². The molecule has 0 spiro atoms. The Morgan fingerprint density at radius 2 is 1.87 bits per heavy atom. The van der Waals surface area contributed by atoms with Crippen molar-refractivity contribution in [2.45, 2.75) is 36.6 Å². The number of benzene rings is 2. The number of ether oxygens (including phenoxy) is 1. The molecule has 1 atom stereocenters. The summed E-state index contributed by atoms with van der Waals surface area (Å²) < 4.78 is 23.9. The fourth-order valence-corrected chi connectivity index (χ4v) is 5.40. The molecule has 3 aromatic rings. The van der Waals surface area contributed by atoms with Crippen LogP contribution in [-0.4, -0.2) is 36.4 Å². The predicted molar refractivity (Wildman–Crippen MR) is 120 cm³/mol. The van der Waals surface area contributed by atoms with Crippen molar-refractivity contribution in [2.24, 2.45) is 0 Å². The second-order valence-corrected chi connectivity index (χ2v) is 9.18. The smallest absolute Gasteiger partial charge is 0.284 e. The van der Waals surface area contributed by atoms with Gasteiger partial charge < -0.3 is 14.1 Å². The standard InChI is InChI=1S/C24H28N2O3S/c1-17-10-12-22-24(18(17)2)26(20-8-5-6-9-21(20)30(22)27)15-7-14-25(3)16-19-11-13-23(28-4)29-19/h5-6,8-13H,7,14-16H2,1-4H3. The molecule has 158 valence electrons. The molecule has 0 saturated heterocycles. The minimum Gasteiger partial charge on any atom is -0.468 e. The molecule has 2 aromatic carbocycles. The molecule has 1 aromatic heterocycles. The zero-order chi connectivity index (χ0) is 21.3. The van der Waals surface area contributed by atoms with E-state index >= 15 is 0 Å². The first-order chi connectivity index (χ1) is 14.5. The Morgan fingerprint density at radius 1 is 1.07 bits per heavy atom. The molecule has 30 heavy (non-hydrogen) atoms. The Labute approximate surface area is 180 Å². The Morgan fingerprint density at radius 3 is 2.63 bits per heavy atom. The molecule has 0 amide bonds. The largest absolute Gasteiger partial charge is 0.468 e. The molecule has 0 bridgehead atoms. The molecule has 0 fully saturated rings. The van der Waals surface area contributed by atoms with Crippen LogP contribution in [0.25, 0.3) is 0 Å². The molecule has 6 heteroatoms. The Balaban J connectivity index is 1.52. The van der Waals surface area contributed by atoms with E-state index in [1.54, 1.807) is 7.11 Å². The maximum absolute atomic E-state index is 13.2. The van der Waals surface area contributed by atoms with E-state index in [-0.39, 0.29) is 0 Å². The van der Waals surface area contributed by atoms with Crippen LogP contribution < -0.4 is 9.64 Å². The van der Waals surface area contributed by atoms with E-state index in [0.717, 1.165) is 53.0 Å². The van der Waals surface area contributed by atoms with Crippen molar-refractivity contribution in [1.82, 2.24) is 4.90 Å². The number of hydrogen-bond acceptors (Lipinski definition) is 5. The molecule has 1 aliphatic heterocycles. The molecule has 0 radical (unpaired) electrons. The van der Waals surface area contributed by atoms with Crippen molar-refractivity contribution >= 4 is 22.2 Å². The fourth-order valence-electron chi connectivity index (χ4n) is 3.97. The number of methoxy groups -OCH3 is 1. The minimum atomic E-state index is -1.15. The Kier molecular flexibility index (Phi) is 5.97. The molecule has 0 saturated carbocycles. The van der Waals surface area contributed by atoms with Gasteiger partial charge >= 0.3 is 0 Å². The van der Waals surface area contributed by atoms with E-state index in [4.69, 9.17) is 9.15 Å². The number of anilines is 2. The summed E-state index contributed by atoms with van der Waals surface area (Å²) in [5, 5.41) is 0. The summed E-state index contributed by atoms with van der Waals surface area (Å²) in [6.45, 7) is 6.76. The highest BCUT2D eigenvalue weighted by atomic mass is 32.2. The first-order valence-electron chi connectivity index (χ1n) is 10.2. The topological polar surface area (TPSA) is 45.9 Å². The van der Waals surface area contributed by atoms with Gasteiger partial charge in [0.15, 0.2) is 0 Å². The molecule has 0 N–H and O–H groups in total. The van der Waals surface area contributed by atoms with Gasteiger partial charge in [-0.3, -0.25) is 4.90 Å². The maximum atomic E-state index is 13.2. The van der Waals surface area contributed by atoms with Crippen LogP contribution in [0, 0.1) is 13.8 Å². The number of rotatable bonds is 7. The van der Waals surface area contributed by atoms with Gasteiger partial charge in [-0.05, 0) is 62.7 Å². The molecule has 5 nitrogen and oxygen atoms in total. The third-order valence-corrected chi connectivity index (χ3v) is 7.15. The zero-order valence-electron chi connectivity index (χ0n) is 18.0. The number of para-hydroxylation sites is 1. The number of aryl methyl sites for hydroxylation is 1. The van der Waals surface area contributed by atoms with Crippen LogP contribution in [0.3, 0.4) is 0 Å². The summed E-state index contributed by atoms with van der Waals surface area (Å²) in [7, 11) is 2.56. The third kappa shape index (κ3) is 3.89. The molecule has 4 rings (SSSR count). The SMILES string of the molecule is COc1ccc(CN(C)CCCN2c3ccccc3S(=O)c3ccc(C)c(C)c32)o1. The Hall–Kier alpha value is -2.57. The molecular weight excluding hydrogens is 396 g/mol. The summed E-state index contributed by atoms with van der Waals surface area (Å²) in [5.41, 5.74) is 4.58. The lowest BCUT2D eigenvalue weighted by Gasteiger charge is -2.35. The van der Waals surface area contributed by atoms with E-state index in [1.165, 1.54) is 11.1 Å². The van der Waals surface area contributed by atoms with Crippen molar-refractivity contribution in [3.8, 4) is 5.95 Å². The fraction of sp³-hybridized carbons (Fsp3) is 0.333. The molecule has 2 heterocycles. The maximum Gasteiger partial charge on any atom is 0.284 e. The van der Waals surface area contributed by atoms with Gasteiger partial charge in [-0.15, -0.1) is 0 Å². The average Bonchev–Trinajstić information content (AvgIpc) is 3.20. The van der Waals surface area contributed by atoms with Gasteiger partial charge in [0.1, 0.15) is 5.76 Å². The van der Waals surface area contributed by atoms with E-state index in [1.807, 2.05) is 36.4 Å². The monoisotopic (exact) mass is 424 g/mol. The van der Waals surface area contributed by atoms with Crippen molar-refractivity contribution < 1.29 is 13.4 Å². The molecular formula is C24H28N2O3S. The number of fused-ring (bicyclic) bond motifs is 2. The second kappa shape index (κ2) is 8.66. The summed E-state index contributed by atoms with van der Waals surface area (Å²) in [6.07, 6.45) is 0.974. The van der Waals surface area contributed by atoms with Crippen LogP contribution in [0.4, 0.5) is 11.4 Å². The van der Waals surface area contributed by atoms with Gasteiger partial charge in [-0.1, -0.05) is 18.2 Å². The molecule has 1 unspecified atom stereocenters. The van der Waals surface area contributed by atoms with Crippen molar-refractivity contribution in [3.05, 3.63) is 65.4 Å². The van der Waals surface area contributed by atoms with Gasteiger partial charge in [0.05, 0.1) is 45.6 Å². The van der Waals surface area contributed by atoms with Gasteiger partial charge in [0.25, 0.3) is 5.95 Å². The minimum absolute atomic E-state index is 0.541. The second-order valence-electron chi connectivity index (χ2n) is 7.76. The third-order valence-electron chi connectivity index (χ3n) is 5.68. The van der Waals surface area contributed by atoms with E-state index in [9.17, 15) is 4.21 Å². The molecule has 0 aliphatic carbocycles. The lowest BCUT2D eigenvalue weighted by atomic mass is 10.1. The van der Waals surface area contributed by atoms with Gasteiger partial charge in [0.2, 0.25) is 0 Å². The first kappa shape index (κ1) is 20.7. The predicted octanol–water partition coefficient (Wildman–Crippen LogP) is 5.05. The lowest BCUT2D eigenvalue weighted by Crippen LogP contribution is -2.29. The van der Waals surface area contributed by atoms with Crippen LogP contribution in [0.2, 0.25) is 0 Å². The highest BCUT2D eigenvalue weighted by molar-refractivity contribution is 7.85. The van der Waals surface area contributed by atoms with E-state index < -0.39 is 10.8 Å². The highest BCUT2D eigenvalue weighted by Gasteiger charge is 2.29. The van der Waals surface area contributed by atoms with Crippen LogP contribution in [-0.2, 0) is 17.3 Å². The van der Waals surface area contributed by atoms with Crippen molar-refractivity contribution in [2.75, 3.05) is 32.1 Å². The molecule has 1 aliphatic rings. The number of nitrogens with zero attached hydrogens (tertiary/aromatic N) is 2. The van der Waals surface area contributed by atoms with E-state index in [2.05, 4.69) is 42.8 Å². The van der Waals surface area contributed by atoms with Gasteiger partial charge in [0, 0.05) is 19.2 Å². The van der Waals surface area contributed by atoms with Crippen LogP contribution >= 0.6 is 0 Å². The van der Waals surface area contributed by atoms with Gasteiger partial charge in [-0.25, -0.2) is 4.21 Å². The number of hydrogen-bond donors (Lipinski definition) is 0. The van der Waals surface area contributed by atoms with Crippen LogP contribution in [0.15, 0.2) is 62.7 Å². The Bertz CT molecular complexity index is 1080. The quantitative estimate of drug-likeness (QED) is 0.531. The summed E-state index contributed by atoms with van der Waals surface area (Å²) in [5.74, 6) is 1.43. The summed E-state index contributed by atoms with van der Waals surface area (Å²) in [6, 6.07) is 15.9. The van der Waals surface area contributed by atoms with E-state index in [0.29, 0.717) is 5.95 Å². The van der Waals surface area contributed by atoms with Crippen molar-refractivity contribution in [3.63, 3.8) is 0 Å². The van der Waals surface area contributed by atoms with Crippen molar-refractivity contribution in [1.29, 1.82) is 0 Å². The lowest BCUT2D eigenvalue weighted by molar-refractivity contribution is 0.256. The van der Waals surface area contributed by atoms with Crippen LogP contribution in [0.1, 0.15) is 23.3 Å². The van der Waals surface area contributed by atoms with Gasteiger partial charge in [-0.2, -0.15) is 0 Å². The average molecular weight is 425 g/mol.